The highest BCUT2D eigenvalue weighted by atomic mass is 32.1. The van der Waals surface area contributed by atoms with Gasteiger partial charge in [-0.1, -0.05) is 13.0 Å². The number of hydrogen-bond donors (Lipinski definition) is 1. The van der Waals surface area contributed by atoms with Gasteiger partial charge in [0, 0.05) is 5.71 Å². The average molecular weight is 196 g/mol. The smallest absolute Gasteiger partial charge is 0.266 e. The summed E-state index contributed by atoms with van der Waals surface area (Å²) in [6, 6.07) is 3.62. The van der Waals surface area contributed by atoms with Gasteiger partial charge >= 0.3 is 0 Å². The molecule has 4 heteroatoms. The molecule has 0 spiro atoms. The van der Waals surface area contributed by atoms with E-state index in [1.807, 2.05) is 25.3 Å². The van der Waals surface area contributed by atoms with Crippen molar-refractivity contribution in [1.82, 2.24) is 5.43 Å². The van der Waals surface area contributed by atoms with Crippen molar-refractivity contribution in [3.8, 4) is 0 Å². The van der Waals surface area contributed by atoms with Gasteiger partial charge in [-0.05, 0) is 24.8 Å². The summed E-state index contributed by atoms with van der Waals surface area (Å²) in [4.78, 5) is 12.0. The van der Waals surface area contributed by atoms with E-state index < -0.39 is 0 Å². The van der Waals surface area contributed by atoms with E-state index in [-0.39, 0.29) is 5.91 Å². The first-order chi connectivity index (χ1) is 6.24. The minimum atomic E-state index is -0.136. The third-order valence-electron chi connectivity index (χ3n) is 1.60. The minimum Gasteiger partial charge on any atom is -0.266 e. The van der Waals surface area contributed by atoms with E-state index in [1.54, 1.807) is 6.07 Å². The maximum atomic E-state index is 11.3. The summed E-state index contributed by atoms with van der Waals surface area (Å²) >= 11 is 1.41. The maximum absolute atomic E-state index is 11.3. The van der Waals surface area contributed by atoms with Gasteiger partial charge in [-0.15, -0.1) is 11.3 Å². The van der Waals surface area contributed by atoms with Crippen molar-refractivity contribution in [2.24, 2.45) is 5.10 Å². The standard InChI is InChI=1S/C9H12N2OS/c1-3-7(2)10-11-9(12)8-5-4-6-13-8/h4-6H,3H2,1-2H3,(H,11,12). The van der Waals surface area contributed by atoms with Crippen LogP contribution in [0.3, 0.4) is 0 Å². The molecule has 0 saturated heterocycles. The van der Waals surface area contributed by atoms with Crippen molar-refractivity contribution in [2.75, 3.05) is 0 Å². The van der Waals surface area contributed by atoms with Crippen molar-refractivity contribution < 1.29 is 4.79 Å². The molecule has 1 heterocycles. The number of nitrogens with zero attached hydrogens (tertiary/aromatic N) is 1. The number of hydrazone groups is 1. The summed E-state index contributed by atoms with van der Waals surface area (Å²) in [5, 5.41) is 5.79. The molecule has 0 aromatic carbocycles. The van der Waals surface area contributed by atoms with Crippen LogP contribution in [0.2, 0.25) is 0 Å². The fraction of sp³-hybridized carbons (Fsp3) is 0.333. The van der Waals surface area contributed by atoms with Crippen LogP contribution >= 0.6 is 11.3 Å². The van der Waals surface area contributed by atoms with Crippen LogP contribution in [0, 0.1) is 0 Å². The van der Waals surface area contributed by atoms with Crippen LogP contribution in [-0.2, 0) is 0 Å². The molecular formula is C9H12N2OS. The highest BCUT2D eigenvalue weighted by Gasteiger charge is 2.03. The van der Waals surface area contributed by atoms with Crippen molar-refractivity contribution in [2.45, 2.75) is 20.3 Å². The molecule has 0 aliphatic carbocycles. The number of carbonyl (C=O) groups is 1. The Hall–Kier alpha value is -1.16. The highest BCUT2D eigenvalue weighted by molar-refractivity contribution is 7.12. The van der Waals surface area contributed by atoms with Crippen molar-refractivity contribution in [1.29, 1.82) is 0 Å². The van der Waals surface area contributed by atoms with Gasteiger partial charge in [-0.25, -0.2) is 5.43 Å². The molecule has 0 atom stereocenters. The Morgan fingerprint density at radius 1 is 1.69 bits per heavy atom. The van der Waals surface area contributed by atoms with Gasteiger partial charge in [-0.2, -0.15) is 5.10 Å². The molecular weight excluding hydrogens is 184 g/mol. The van der Waals surface area contributed by atoms with Gasteiger partial charge in [0.05, 0.1) is 4.88 Å². The van der Waals surface area contributed by atoms with Crippen LogP contribution < -0.4 is 5.43 Å². The Morgan fingerprint density at radius 2 is 2.46 bits per heavy atom. The third kappa shape index (κ3) is 2.99. The van der Waals surface area contributed by atoms with Crippen LogP contribution in [0.1, 0.15) is 29.9 Å². The lowest BCUT2D eigenvalue weighted by atomic mass is 10.3. The molecule has 3 nitrogen and oxygen atoms in total. The summed E-state index contributed by atoms with van der Waals surface area (Å²) in [5.41, 5.74) is 3.42. The lowest BCUT2D eigenvalue weighted by molar-refractivity contribution is 0.0959. The van der Waals surface area contributed by atoms with E-state index in [2.05, 4.69) is 10.5 Å². The molecule has 1 amide bonds. The van der Waals surface area contributed by atoms with Gasteiger partial charge in [0.1, 0.15) is 0 Å². The number of rotatable bonds is 3. The number of nitrogens with one attached hydrogen (secondary N) is 1. The first-order valence-corrected chi connectivity index (χ1v) is 4.99. The quantitative estimate of drug-likeness (QED) is 0.584. The molecule has 0 fully saturated rings. The molecule has 0 saturated carbocycles. The molecule has 0 aliphatic rings. The van der Waals surface area contributed by atoms with Gasteiger partial charge in [-0.3, -0.25) is 4.79 Å². The highest BCUT2D eigenvalue weighted by Crippen LogP contribution is 2.07. The fourth-order valence-electron chi connectivity index (χ4n) is 0.688. The van der Waals surface area contributed by atoms with E-state index in [0.29, 0.717) is 4.88 Å². The van der Waals surface area contributed by atoms with Crippen LogP contribution in [0.15, 0.2) is 22.6 Å². The number of thiophene rings is 1. The molecule has 1 N–H and O–H groups in total. The molecule has 0 bridgehead atoms. The zero-order valence-electron chi connectivity index (χ0n) is 7.70. The Bertz CT molecular complexity index is 303. The molecule has 1 rings (SSSR count). The Kier molecular flexibility index (Phi) is 3.64. The second-order valence-corrected chi connectivity index (χ2v) is 3.57. The fourth-order valence-corrected chi connectivity index (χ4v) is 1.30. The Balaban J connectivity index is 2.52. The molecule has 0 unspecified atom stereocenters. The molecule has 70 valence electrons. The minimum absolute atomic E-state index is 0.136. The number of amides is 1. The van der Waals surface area contributed by atoms with E-state index >= 15 is 0 Å². The third-order valence-corrected chi connectivity index (χ3v) is 2.47. The molecule has 1 aromatic rings. The average Bonchev–Trinajstić information content (AvgIpc) is 2.66. The molecule has 0 radical (unpaired) electrons. The maximum Gasteiger partial charge on any atom is 0.281 e. The van der Waals surface area contributed by atoms with Crippen LogP contribution in [-0.4, -0.2) is 11.6 Å². The van der Waals surface area contributed by atoms with Crippen LogP contribution in [0.5, 0.6) is 0 Å². The van der Waals surface area contributed by atoms with Crippen molar-refractivity contribution in [3.05, 3.63) is 22.4 Å². The van der Waals surface area contributed by atoms with Crippen LogP contribution in [0.4, 0.5) is 0 Å². The summed E-state index contributed by atoms with van der Waals surface area (Å²) in [6.45, 7) is 3.88. The van der Waals surface area contributed by atoms with Gasteiger partial charge in [0.15, 0.2) is 0 Å². The summed E-state index contributed by atoms with van der Waals surface area (Å²) in [5.74, 6) is -0.136. The van der Waals surface area contributed by atoms with E-state index in [1.165, 1.54) is 11.3 Å². The van der Waals surface area contributed by atoms with E-state index in [9.17, 15) is 4.79 Å². The largest absolute Gasteiger partial charge is 0.281 e. The molecule has 0 aliphatic heterocycles. The summed E-state index contributed by atoms with van der Waals surface area (Å²) < 4.78 is 0. The lowest BCUT2D eigenvalue weighted by Gasteiger charge is -1.97. The summed E-state index contributed by atoms with van der Waals surface area (Å²) in [7, 11) is 0. The van der Waals surface area contributed by atoms with Crippen LogP contribution in [0.25, 0.3) is 0 Å². The summed E-state index contributed by atoms with van der Waals surface area (Å²) in [6.07, 6.45) is 0.852. The molecule has 13 heavy (non-hydrogen) atoms. The number of hydrogen-bond acceptors (Lipinski definition) is 3. The van der Waals surface area contributed by atoms with Gasteiger partial charge in [0.2, 0.25) is 0 Å². The van der Waals surface area contributed by atoms with E-state index in [4.69, 9.17) is 0 Å². The topological polar surface area (TPSA) is 41.5 Å². The normalized spacial score (nSPS) is 11.4. The second kappa shape index (κ2) is 4.77. The number of carbonyl (C=O) groups excluding carboxylic acids is 1. The van der Waals surface area contributed by atoms with E-state index in [0.717, 1.165) is 12.1 Å². The second-order valence-electron chi connectivity index (χ2n) is 2.62. The predicted octanol–water partition coefficient (Wildman–Crippen LogP) is 2.26. The first kappa shape index (κ1) is 9.92. The zero-order valence-corrected chi connectivity index (χ0v) is 8.52. The zero-order chi connectivity index (χ0) is 9.68. The predicted molar refractivity (Wildman–Crippen MR) is 55.2 cm³/mol. The first-order valence-electron chi connectivity index (χ1n) is 4.11. The lowest BCUT2D eigenvalue weighted by Crippen LogP contribution is -2.17. The molecule has 1 aromatic heterocycles. The monoisotopic (exact) mass is 196 g/mol. The Morgan fingerprint density at radius 3 is 3.00 bits per heavy atom. The Labute approximate surface area is 81.5 Å². The van der Waals surface area contributed by atoms with Gasteiger partial charge in [0.25, 0.3) is 5.91 Å². The van der Waals surface area contributed by atoms with Crippen molar-refractivity contribution >= 4 is 23.0 Å². The van der Waals surface area contributed by atoms with Gasteiger partial charge < -0.3 is 0 Å². The SMILES string of the molecule is CCC(C)=NNC(=O)c1cccs1. The van der Waals surface area contributed by atoms with Crippen molar-refractivity contribution in [3.63, 3.8) is 0 Å².